The molecule has 0 fully saturated rings. The van der Waals surface area contributed by atoms with Gasteiger partial charge in [0.15, 0.2) is 0 Å². The molecule has 1 nitrogen and oxygen atoms in total. The summed E-state index contributed by atoms with van der Waals surface area (Å²) in [7, 11) is 0. The van der Waals surface area contributed by atoms with Gasteiger partial charge in [0.2, 0.25) is 0 Å². The van der Waals surface area contributed by atoms with Crippen molar-refractivity contribution in [3.8, 4) is 67.0 Å². The van der Waals surface area contributed by atoms with E-state index in [9.17, 15) is 0 Å². The van der Waals surface area contributed by atoms with Gasteiger partial charge in [0.25, 0.3) is 0 Å². The fourth-order valence-corrected chi connectivity index (χ4v) is 15.4. The third-order valence-electron chi connectivity index (χ3n) is 17.3. The van der Waals surface area contributed by atoms with Crippen LogP contribution in [0.4, 0.5) is 0 Å². The highest BCUT2D eigenvalue weighted by atomic mass is 32.1. The monoisotopic (exact) mass is 983 g/mol. The molecule has 0 atom stereocenters. The van der Waals surface area contributed by atoms with Gasteiger partial charge in [0.1, 0.15) is 0 Å². The second kappa shape index (κ2) is 16.5. The first kappa shape index (κ1) is 43.4. The predicted octanol–water partition coefficient (Wildman–Crippen LogP) is 19.3. The second-order valence-electron chi connectivity index (χ2n) is 21.1. The van der Waals surface area contributed by atoms with Crippen molar-refractivity contribution in [1.82, 2.24) is 4.98 Å². The maximum atomic E-state index is 5.31. The van der Waals surface area contributed by atoms with Crippen molar-refractivity contribution in [2.45, 2.75) is 30.6 Å². The van der Waals surface area contributed by atoms with Gasteiger partial charge in [-0.15, -0.1) is 11.3 Å². The van der Waals surface area contributed by atoms with Crippen molar-refractivity contribution in [1.29, 1.82) is 0 Å². The van der Waals surface area contributed by atoms with Crippen LogP contribution in [0.3, 0.4) is 0 Å². The van der Waals surface area contributed by atoms with Crippen LogP contribution in [-0.2, 0) is 17.3 Å². The number of pyridine rings is 1. The fourth-order valence-electron chi connectivity index (χ4n) is 14.2. The molecule has 16 rings (SSSR count). The standard InChI is InChI=1S/C74H49NS/c1-2-18-50-23-17-33-66-72(50)56-26-8-10-28-60(56)73(66)62-29-11-13-31-64(62)74(65-32-14-12-30-63(65)73)61-40-39-51(41-57(61)58-45-71-59(44-67(58)74)55-25-9-15-34-70(55)76-71)46-35-37-47(38-36-46)52-42-68(49-20-4-3-5-21-49)75-69(43-52)54-27-16-22-48-19-6-7-24-53(48)54/h3-17,19-45H,2,18H2,1H3. The molecule has 2 aromatic heterocycles. The number of hydrogen-bond acceptors (Lipinski definition) is 2. The minimum atomic E-state index is -0.582. The number of benzene rings is 11. The third-order valence-corrected chi connectivity index (χ3v) is 18.4. The summed E-state index contributed by atoms with van der Waals surface area (Å²) in [6.07, 6.45) is 2.14. The molecule has 0 unspecified atom stereocenters. The Bertz CT molecular complexity index is 4480. The lowest BCUT2D eigenvalue weighted by molar-refractivity contribution is 0.633. The van der Waals surface area contributed by atoms with Crippen molar-refractivity contribution in [2.24, 2.45) is 0 Å². The normalized spacial score (nSPS) is 16.4. The summed E-state index contributed by atoms with van der Waals surface area (Å²) in [6, 6.07) is 96.4. The number of rotatable bonds is 6. The molecule has 3 aliphatic carbocycles. The van der Waals surface area contributed by atoms with Crippen LogP contribution in [0.25, 0.3) is 98.0 Å². The zero-order chi connectivity index (χ0) is 50.1. The van der Waals surface area contributed by atoms with Gasteiger partial charge in [-0.25, -0.2) is 4.98 Å². The highest BCUT2D eigenvalue weighted by Gasteiger charge is 2.59. The lowest BCUT2D eigenvalue weighted by atomic mass is 9.52. The van der Waals surface area contributed by atoms with E-state index < -0.39 is 10.8 Å². The molecule has 0 aliphatic heterocycles. The van der Waals surface area contributed by atoms with Crippen molar-refractivity contribution < 1.29 is 0 Å². The average Bonchev–Trinajstić information content (AvgIpc) is 4.14. The zero-order valence-electron chi connectivity index (χ0n) is 42.0. The van der Waals surface area contributed by atoms with Crippen LogP contribution < -0.4 is 0 Å². The Kier molecular flexibility index (Phi) is 9.45. The molecule has 0 amide bonds. The van der Waals surface area contributed by atoms with Crippen molar-refractivity contribution in [3.63, 3.8) is 0 Å². The molecule has 0 bridgehead atoms. The van der Waals surface area contributed by atoms with Crippen LogP contribution in [0.5, 0.6) is 0 Å². The molecule has 2 heteroatoms. The summed E-state index contributed by atoms with van der Waals surface area (Å²) < 4.78 is 2.65. The van der Waals surface area contributed by atoms with Gasteiger partial charge in [0.05, 0.1) is 22.2 Å². The topological polar surface area (TPSA) is 12.9 Å². The Balaban J connectivity index is 0.902. The number of fused-ring (bicyclic) bond motifs is 20. The van der Waals surface area contributed by atoms with Gasteiger partial charge < -0.3 is 0 Å². The van der Waals surface area contributed by atoms with Crippen molar-refractivity contribution in [2.75, 3.05) is 0 Å². The number of thiophene rings is 1. The Morgan fingerprint density at radius 1 is 0.329 bits per heavy atom. The summed E-state index contributed by atoms with van der Waals surface area (Å²) in [5, 5.41) is 5.06. The second-order valence-corrected chi connectivity index (χ2v) is 22.2. The molecule has 11 aromatic carbocycles. The maximum Gasteiger partial charge on any atom is 0.0721 e. The molecule has 0 saturated carbocycles. The van der Waals surface area contributed by atoms with Gasteiger partial charge in [-0.2, -0.15) is 0 Å². The summed E-state index contributed by atoms with van der Waals surface area (Å²) in [6.45, 7) is 2.31. The van der Waals surface area contributed by atoms with Crippen molar-refractivity contribution >= 4 is 42.3 Å². The zero-order valence-corrected chi connectivity index (χ0v) is 42.8. The average molecular weight is 984 g/mol. The van der Waals surface area contributed by atoms with Gasteiger partial charge in [-0.05, 0) is 148 Å². The minimum absolute atomic E-state index is 0.496. The van der Waals surface area contributed by atoms with E-state index in [-0.39, 0.29) is 0 Å². The highest BCUT2D eigenvalue weighted by molar-refractivity contribution is 7.25. The van der Waals surface area contributed by atoms with Gasteiger partial charge in [-0.3, -0.25) is 0 Å². The summed E-state index contributed by atoms with van der Waals surface area (Å²) in [5.74, 6) is 0. The predicted molar refractivity (Wildman–Crippen MR) is 319 cm³/mol. The molecule has 3 aliphatic rings. The van der Waals surface area contributed by atoms with E-state index in [2.05, 4.69) is 262 Å². The Labute approximate surface area is 447 Å². The van der Waals surface area contributed by atoms with Crippen LogP contribution in [0.2, 0.25) is 0 Å². The Morgan fingerprint density at radius 2 is 0.882 bits per heavy atom. The Hall–Kier alpha value is -8.95. The van der Waals surface area contributed by atoms with E-state index in [4.69, 9.17) is 4.98 Å². The van der Waals surface area contributed by atoms with E-state index in [0.29, 0.717) is 0 Å². The van der Waals surface area contributed by atoms with E-state index in [0.717, 1.165) is 46.5 Å². The van der Waals surface area contributed by atoms with Crippen LogP contribution in [0.1, 0.15) is 63.4 Å². The number of aromatic nitrogens is 1. The molecule has 0 N–H and O–H groups in total. The van der Waals surface area contributed by atoms with Crippen LogP contribution in [-0.4, -0.2) is 4.98 Å². The van der Waals surface area contributed by atoms with Crippen molar-refractivity contribution in [3.05, 3.63) is 305 Å². The first-order chi connectivity index (χ1) is 37.6. The van der Waals surface area contributed by atoms with Gasteiger partial charge >= 0.3 is 0 Å². The summed E-state index contributed by atoms with van der Waals surface area (Å²) in [4.78, 5) is 5.31. The minimum Gasteiger partial charge on any atom is -0.248 e. The molecule has 356 valence electrons. The molecular weight excluding hydrogens is 935 g/mol. The largest absolute Gasteiger partial charge is 0.248 e. The van der Waals surface area contributed by atoms with E-state index in [1.807, 2.05) is 11.3 Å². The van der Waals surface area contributed by atoms with E-state index >= 15 is 0 Å². The SMILES string of the molecule is CCCc1cccc2c1-c1ccccc1C21c2ccccc2C2(c3ccc(-c4ccc(-c5cc(-c6ccccc6)nc(-c6cccc7ccccc67)c5)cc4)cc3-c3cc4sc5ccccc5c4cc32)c2ccccc21. The molecule has 76 heavy (non-hydrogen) atoms. The van der Waals surface area contributed by atoms with Crippen LogP contribution in [0, 0.1) is 0 Å². The highest BCUT2D eigenvalue weighted by Crippen LogP contribution is 2.68. The fraction of sp³-hybridized carbons (Fsp3) is 0.0676. The number of aryl methyl sites for hydroxylation is 1. The van der Waals surface area contributed by atoms with E-state index in [1.165, 1.54) is 114 Å². The quantitative estimate of drug-likeness (QED) is 0.162. The first-order valence-corrected chi connectivity index (χ1v) is 27.6. The lowest BCUT2D eigenvalue weighted by Gasteiger charge is -2.49. The summed E-state index contributed by atoms with van der Waals surface area (Å²) in [5.41, 5.74) is 25.6. The lowest BCUT2D eigenvalue weighted by Crippen LogP contribution is -2.43. The molecule has 0 radical (unpaired) electrons. The summed E-state index contributed by atoms with van der Waals surface area (Å²) >= 11 is 1.91. The number of nitrogens with zero attached hydrogens (tertiary/aromatic N) is 1. The maximum absolute atomic E-state index is 5.31. The van der Waals surface area contributed by atoms with Crippen LogP contribution in [0.15, 0.2) is 255 Å². The molecular formula is C74H49NS. The molecule has 2 spiro atoms. The molecule has 13 aromatic rings. The third kappa shape index (κ3) is 5.93. The first-order valence-electron chi connectivity index (χ1n) is 26.8. The Morgan fingerprint density at radius 3 is 1.64 bits per heavy atom. The molecule has 0 saturated heterocycles. The van der Waals surface area contributed by atoms with E-state index in [1.54, 1.807) is 0 Å². The van der Waals surface area contributed by atoms with Gasteiger partial charge in [0, 0.05) is 31.3 Å². The van der Waals surface area contributed by atoms with Crippen LogP contribution >= 0.6 is 11.3 Å². The smallest absolute Gasteiger partial charge is 0.0721 e. The molecule has 2 heterocycles. The number of hydrogen-bond donors (Lipinski definition) is 0. The van der Waals surface area contributed by atoms with Gasteiger partial charge in [-0.1, -0.05) is 232 Å².